The second kappa shape index (κ2) is 6.78. The number of aryl methyl sites for hydroxylation is 2. The lowest BCUT2D eigenvalue weighted by atomic mass is 10.2. The first-order chi connectivity index (χ1) is 9.20. The Bertz CT molecular complexity index is 537. The first kappa shape index (κ1) is 14.2. The van der Waals surface area contributed by atoms with Gasteiger partial charge in [0.1, 0.15) is 10.8 Å². The molecule has 0 atom stereocenters. The molecule has 0 aliphatic heterocycles. The van der Waals surface area contributed by atoms with Gasteiger partial charge in [-0.15, -0.1) is 0 Å². The van der Waals surface area contributed by atoms with E-state index in [1.165, 1.54) is 11.1 Å². The average molecular weight is 276 g/mol. The lowest BCUT2D eigenvalue weighted by molar-refractivity contribution is 0.527. The maximum Gasteiger partial charge on any atom is 0.114 e. The molecule has 4 heteroatoms. The highest BCUT2D eigenvalue weighted by atomic mass is 32.2. The number of furan rings is 1. The Morgan fingerprint density at radius 1 is 1.37 bits per heavy atom. The van der Waals surface area contributed by atoms with E-state index in [1.807, 2.05) is 19.2 Å². The minimum Gasteiger partial charge on any atom is -0.468 e. The standard InChI is InChI=1S/C15H20N2OS/c1-4-6-16-9-13-8-11(2)15(17-10-13)19-14-5-7-18-12(14)3/h5,7-8,10,16H,4,6,9H2,1-3H3. The van der Waals surface area contributed by atoms with Crippen LogP contribution in [0.1, 0.15) is 30.2 Å². The minimum absolute atomic E-state index is 0.886. The summed E-state index contributed by atoms with van der Waals surface area (Å²) in [5, 5.41) is 4.44. The van der Waals surface area contributed by atoms with Crippen LogP contribution in [-0.2, 0) is 6.54 Å². The van der Waals surface area contributed by atoms with Gasteiger partial charge in [-0.1, -0.05) is 24.8 Å². The van der Waals surface area contributed by atoms with Gasteiger partial charge in [0, 0.05) is 12.7 Å². The zero-order chi connectivity index (χ0) is 13.7. The van der Waals surface area contributed by atoms with Gasteiger partial charge in [-0.3, -0.25) is 0 Å². The summed E-state index contributed by atoms with van der Waals surface area (Å²) in [4.78, 5) is 5.69. The highest BCUT2D eigenvalue weighted by Crippen LogP contribution is 2.31. The molecular formula is C15H20N2OS. The van der Waals surface area contributed by atoms with Gasteiger partial charge in [-0.05, 0) is 44.0 Å². The van der Waals surface area contributed by atoms with Crippen LogP contribution in [0.25, 0.3) is 0 Å². The molecule has 0 unspecified atom stereocenters. The summed E-state index contributed by atoms with van der Waals surface area (Å²) in [5.74, 6) is 0.944. The largest absolute Gasteiger partial charge is 0.468 e. The van der Waals surface area contributed by atoms with Crippen molar-refractivity contribution in [3.63, 3.8) is 0 Å². The fraction of sp³-hybridized carbons (Fsp3) is 0.400. The van der Waals surface area contributed by atoms with Crippen LogP contribution in [-0.4, -0.2) is 11.5 Å². The number of nitrogens with one attached hydrogen (secondary N) is 1. The summed E-state index contributed by atoms with van der Waals surface area (Å²) in [6.07, 6.45) is 4.82. The number of nitrogens with zero attached hydrogens (tertiary/aromatic N) is 1. The van der Waals surface area contributed by atoms with E-state index in [1.54, 1.807) is 18.0 Å². The molecule has 0 saturated heterocycles. The quantitative estimate of drug-likeness (QED) is 0.811. The van der Waals surface area contributed by atoms with Crippen molar-refractivity contribution in [3.05, 3.63) is 41.5 Å². The second-order valence-corrected chi connectivity index (χ2v) is 5.62. The molecule has 2 aromatic rings. The van der Waals surface area contributed by atoms with Crippen molar-refractivity contribution < 1.29 is 4.42 Å². The predicted molar refractivity (Wildman–Crippen MR) is 78.5 cm³/mol. The van der Waals surface area contributed by atoms with Gasteiger partial charge in [0.15, 0.2) is 0 Å². The molecular weight excluding hydrogens is 256 g/mol. The Labute approximate surface area is 118 Å². The summed E-state index contributed by atoms with van der Waals surface area (Å²) in [6.45, 7) is 8.18. The Balaban J connectivity index is 2.05. The van der Waals surface area contributed by atoms with Crippen LogP contribution >= 0.6 is 11.8 Å². The van der Waals surface area contributed by atoms with E-state index in [0.717, 1.165) is 35.2 Å². The molecule has 2 heterocycles. The molecule has 102 valence electrons. The average Bonchev–Trinajstić information content (AvgIpc) is 2.79. The minimum atomic E-state index is 0.886. The zero-order valence-corrected chi connectivity index (χ0v) is 12.5. The van der Waals surface area contributed by atoms with Crippen LogP contribution in [0, 0.1) is 13.8 Å². The first-order valence-electron chi connectivity index (χ1n) is 6.59. The number of rotatable bonds is 6. The molecule has 0 aliphatic carbocycles. The van der Waals surface area contributed by atoms with Crippen molar-refractivity contribution in [1.29, 1.82) is 0 Å². The summed E-state index contributed by atoms with van der Waals surface area (Å²) in [7, 11) is 0. The van der Waals surface area contributed by atoms with Gasteiger partial charge in [0.25, 0.3) is 0 Å². The van der Waals surface area contributed by atoms with E-state index in [2.05, 4.69) is 30.2 Å². The van der Waals surface area contributed by atoms with Crippen molar-refractivity contribution in [2.45, 2.75) is 43.7 Å². The third kappa shape index (κ3) is 3.85. The normalized spacial score (nSPS) is 10.9. The van der Waals surface area contributed by atoms with Gasteiger partial charge < -0.3 is 9.73 Å². The van der Waals surface area contributed by atoms with Crippen LogP contribution in [0.15, 0.2) is 38.9 Å². The molecule has 0 amide bonds. The Hall–Kier alpha value is -1.26. The van der Waals surface area contributed by atoms with Gasteiger partial charge >= 0.3 is 0 Å². The molecule has 0 fully saturated rings. The molecule has 0 spiro atoms. The summed E-state index contributed by atoms with van der Waals surface area (Å²) >= 11 is 1.66. The molecule has 0 aliphatic rings. The van der Waals surface area contributed by atoms with E-state index < -0.39 is 0 Å². The van der Waals surface area contributed by atoms with Gasteiger partial charge in [-0.2, -0.15) is 0 Å². The summed E-state index contributed by atoms with van der Waals surface area (Å²) < 4.78 is 5.31. The number of pyridine rings is 1. The molecule has 0 aromatic carbocycles. The third-order valence-electron chi connectivity index (χ3n) is 2.86. The molecule has 2 aromatic heterocycles. The number of hydrogen-bond acceptors (Lipinski definition) is 4. The van der Waals surface area contributed by atoms with E-state index >= 15 is 0 Å². The molecule has 0 saturated carbocycles. The van der Waals surface area contributed by atoms with Crippen LogP contribution < -0.4 is 5.32 Å². The smallest absolute Gasteiger partial charge is 0.114 e. The van der Waals surface area contributed by atoms with Crippen LogP contribution in [0.5, 0.6) is 0 Å². The van der Waals surface area contributed by atoms with Crippen molar-refractivity contribution >= 4 is 11.8 Å². The molecule has 3 nitrogen and oxygen atoms in total. The Morgan fingerprint density at radius 2 is 2.21 bits per heavy atom. The van der Waals surface area contributed by atoms with Crippen LogP contribution in [0.3, 0.4) is 0 Å². The lowest BCUT2D eigenvalue weighted by Gasteiger charge is -2.07. The van der Waals surface area contributed by atoms with E-state index in [9.17, 15) is 0 Å². The van der Waals surface area contributed by atoms with Gasteiger partial charge in [-0.25, -0.2) is 4.98 Å². The lowest BCUT2D eigenvalue weighted by Crippen LogP contribution is -2.14. The van der Waals surface area contributed by atoms with Gasteiger partial charge in [0.05, 0.1) is 11.2 Å². The molecule has 0 bridgehead atoms. The van der Waals surface area contributed by atoms with E-state index in [-0.39, 0.29) is 0 Å². The monoisotopic (exact) mass is 276 g/mol. The third-order valence-corrected chi connectivity index (χ3v) is 4.12. The van der Waals surface area contributed by atoms with Crippen LogP contribution in [0.4, 0.5) is 0 Å². The SMILES string of the molecule is CCCNCc1cnc(Sc2ccoc2C)c(C)c1. The maximum absolute atomic E-state index is 5.31. The van der Waals surface area contributed by atoms with Crippen molar-refractivity contribution in [3.8, 4) is 0 Å². The topological polar surface area (TPSA) is 38.1 Å². The van der Waals surface area contributed by atoms with Crippen molar-refractivity contribution in [1.82, 2.24) is 10.3 Å². The molecule has 1 N–H and O–H groups in total. The second-order valence-electron chi connectivity index (χ2n) is 4.59. The van der Waals surface area contributed by atoms with Crippen molar-refractivity contribution in [2.24, 2.45) is 0 Å². The van der Waals surface area contributed by atoms with E-state index in [0.29, 0.717) is 0 Å². The van der Waals surface area contributed by atoms with E-state index in [4.69, 9.17) is 4.42 Å². The van der Waals surface area contributed by atoms with Crippen molar-refractivity contribution in [2.75, 3.05) is 6.54 Å². The van der Waals surface area contributed by atoms with Crippen LogP contribution in [0.2, 0.25) is 0 Å². The zero-order valence-electron chi connectivity index (χ0n) is 11.7. The predicted octanol–water partition coefficient (Wildman–Crippen LogP) is 3.94. The Morgan fingerprint density at radius 3 is 2.84 bits per heavy atom. The number of aromatic nitrogens is 1. The molecule has 19 heavy (non-hydrogen) atoms. The first-order valence-corrected chi connectivity index (χ1v) is 7.40. The molecule has 2 rings (SSSR count). The fourth-order valence-electron chi connectivity index (χ4n) is 1.82. The number of hydrogen-bond donors (Lipinski definition) is 1. The summed E-state index contributed by atoms with van der Waals surface area (Å²) in [6, 6.07) is 4.19. The maximum atomic E-state index is 5.31. The highest BCUT2D eigenvalue weighted by Gasteiger charge is 2.08. The fourth-order valence-corrected chi connectivity index (χ4v) is 2.67. The molecule has 0 radical (unpaired) electrons. The van der Waals surface area contributed by atoms with Gasteiger partial charge in [0.2, 0.25) is 0 Å². The Kier molecular flexibility index (Phi) is 5.05. The summed E-state index contributed by atoms with van der Waals surface area (Å²) in [5.41, 5.74) is 2.45. The highest BCUT2D eigenvalue weighted by molar-refractivity contribution is 7.99.